The van der Waals surface area contributed by atoms with Crippen molar-refractivity contribution in [1.82, 2.24) is 9.88 Å². The predicted octanol–water partition coefficient (Wildman–Crippen LogP) is 2.89. The van der Waals surface area contributed by atoms with E-state index in [0.717, 1.165) is 35.9 Å². The third kappa shape index (κ3) is 3.44. The van der Waals surface area contributed by atoms with Gasteiger partial charge in [0.1, 0.15) is 6.54 Å². The number of rotatable bonds is 5. The summed E-state index contributed by atoms with van der Waals surface area (Å²) in [5.74, 6) is -0.266. The molecular weight excluding hydrogens is 292 g/mol. The van der Waals surface area contributed by atoms with Gasteiger partial charge >= 0.3 is 5.97 Å². The number of H-pyrrole nitrogens is 1. The van der Waals surface area contributed by atoms with Crippen molar-refractivity contribution < 1.29 is 14.3 Å². The van der Waals surface area contributed by atoms with Crippen LogP contribution in [0.3, 0.4) is 0 Å². The Morgan fingerprint density at radius 3 is 2.91 bits per heavy atom. The van der Waals surface area contributed by atoms with E-state index in [4.69, 9.17) is 4.74 Å². The van der Waals surface area contributed by atoms with Crippen LogP contribution in [0.15, 0.2) is 42.1 Å². The van der Waals surface area contributed by atoms with Gasteiger partial charge in [0.2, 0.25) is 5.78 Å². The van der Waals surface area contributed by atoms with Crippen LogP contribution in [0.4, 0.5) is 0 Å². The van der Waals surface area contributed by atoms with Crippen LogP contribution >= 0.6 is 0 Å². The number of esters is 1. The second-order valence-electron chi connectivity index (χ2n) is 5.63. The Hall–Kier alpha value is -2.56. The Bertz CT molecular complexity index is 727. The average molecular weight is 312 g/mol. The number of hydrogen-bond donors (Lipinski definition) is 1. The van der Waals surface area contributed by atoms with E-state index < -0.39 is 0 Å². The number of fused-ring (bicyclic) bond motifs is 1. The topological polar surface area (TPSA) is 62.4 Å². The number of carbonyl (C=O) groups is 2. The van der Waals surface area contributed by atoms with Crippen LogP contribution in [0, 0.1) is 0 Å². The van der Waals surface area contributed by atoms with Crippen molar-refractivity contribution in [3.8, 4) is 0 Å². The molecular formula is C18H20N2O3. The number of ketones is 1. The van der Waals surface area contributed by atoms with Crippen LogP contribution in [0.2, 0.25) is 0 Å². The molecule has 0 atom stereocenters. The van der Waals surface area contributed by atoms with Crippen molar-refractivity contribution in [3.05, 3.63) is 47.8 Å². The number of carbonyl (C=O) groups excluding carboxylic acids is 2. The van der Waals surface area contributed by atoms with E-state index in [0.29, 0.717) is 12.3 Å². The highest BCUT2D eigenvalue weighted by molar-refractivity contribution is 6.09. The van der Waals surface area contributed by atoms with E-state index in [-0.39, 0.29) is 18.3 Å². The molecule has 1 aliphatic rings. The predicted molar refractivity (Wildman–Crippen MR) is 88.2 cm³/mol. The Kier molecular flexibility index (Phi) is 4.46. The molecule has 0 aliphatic carbocycles. The maximum atomic E-state index is 12.7. The lowest BCUT2D eigenvalue weighted by Gasteiger charge is -2.25. The molecule has 1 aromatic heterocycles. The fourth-order valence-electron chi connectivity index (χ4n) is 2.86. The van der Waals surface area contributed by atoms with Gasteiger partial charge in [0.05, 0.1) is 12.3 Å². The highest BCUT2D eigenvalue weighted by Gasteiger charge is 2.20. The third-order valence-corrected chi connectivity index (χ3v) is 3.93. The number of aromatic nitrogens is 1. The zero-order chi connectivity index (χ0) is 16.2. The minimum Gasteiger partial charge on any atom is -0.465 e. The van der Waals surface area contributed by atoms with Gasteiger partial charge in [-0.15, -0.1) is 0 Å². The molecule has 0 bridgehead atoms. The summed E-state index contributed by atoms with van der Waals surface area (Å²) in [4.78, 5) is 29.3. The molecule has 3 rings (SSSR count). The highest BCUT2D eigenvalue weighted by atomic mass is 16.5. The number of hydrogen-bond acceptors (Lipinski definition) is 4. The fourth-order valence-corrected chi connectivity index (χ4v) is 2.86. The third-order valence-electron chi connectivity index (χ3n) is 3.93. The number of nitrogens with one attached hydrogen (secondary N) is 1. The molecule has 0 saturated heterocycles. The largest absolute Gasteiger partial charge is 0.465 e. The SMILES string of the molecule is CCOC(=O)CN1C=C(C(=O)c2cc3ccccc3[nH]2)CCC1. The molecule has 2 aromatic rings. The summed E-state index contributed by atoms with van der Waals surface area (Å²) < 4.78 is 4.96. The lowest BCUT2D eigenvalue weighted by molar-refractivity contribution is -0.143. The summed E-state index contributed by atoms with van der Waals surface area (Å²) in [7, 11) is 0. The Labute approximate surface area is 134 Å². The number of Topliss-reactive ketones (excluding diaryl/α,β-unsaturated/α-hetero) is 1. The zero-order valence-electron chi connectivity index (χ0n) is 13.2. The molecule has 1 aromatic carbocycles. The first kappa shape index (κ1) is 15.3. The van der Waals surface area contributed by atoms with Crippen LogP contribution in [0.1, 0.15) is 30.3 Å². The molecule has 1 aliphatic heterocycles. The zero-order valence-corrected chi connectivity index (χ0v) is 13.2. The molecule has 0 amide bonds. The van der Waals surface area contributed by atoms with E-state index in [2.05, 4.69) is 4.98 Å². The van der Waals surface area contributed by atoms with Gasteiger partial charge in [-0.25, -0.2) is 0 Å². The van der Waals surface area contributed by atoms with Gasteiger partial charge in [-0.1, -0.05) is 18.2 Å². The van der Waals surface area contributed by atoms with Crippen molar-refractivity contribution in [1.29, 1.82) is 0 Å². The van der Waals surface area contributed by atoms with Gasteiger partial charge in [-0.05, 0) is 31.9 Å². The van der Waals surface area contributed by atoms with E-state index in [1.165, 1.54) is 0 Å². The van der Waals surface area contributed by atoms with Gasteiger partial charge in [-0.3, -0.25) is 9.59 Å². The summed E-state index contributed by atoms with van der Waals surface area (Å²) in [5.41, 5.74) is 2.28. The first-order valence-electron chi connectivity index (χ1n) is 7.90. The summed E-state index contributed by atoms with van der Waals surface area (Å²) >= 11 is 0. The minimum atomic E-state index is -0.261. The summed E-state index contributed by atoms with van der Waals surface area (Å²) in [6.07, 6.45) is 3.39. The van der Waals surface area contributed by atoms with Gasteiger partial charge in [-0.2, -0.15) is 0 Å². The standard InChI is InChI=1S/C18H20N2O3/c1-2-23-17(21)12-20-9-5-7-14(11-20)18(22)16-10-13-6-3-4-8-15(13)19-16/h3-4,6,8,10-11,19H,2,5,7,9,12H2,1H3. The molecule has 5 heteroatoms. The summed E-state index contributed by atoms with van der Waals surface area (Å²) in [6.45, 7) is 3.12. The van der Waals surface area contributed by atoms with Gasteiger partial charge < -0.3 is 14.6 Å². The molecule has 5 nitrogen and oxygen atoms in total. The highest BCUT2D eigenvalue weighted by Crippen LogP contribution is 2.22. The van der Waals surface area contributed by atoms with Gasteiger partial charge in [0.15, 0.2) is 0 Å². The van der Waals surface area contributed by atoms with Crippen molar-refractivity contribution in [3.63, 3.8) is 0 Å². The molecule has 0 spiro atoms. The number of benzene rings is 1. The summed E-state index contributed by atoms with van der Waals surface area (Å²) in [5, 5.41) is 1.02. The molecule has 120 valence electrons. The second-order valence-corrected chi connectivity index (χ2v) is 5.63. The Balaban J connectivity index is 1.77. The van der Waals surface area contributed by atoms with E-state index in [1.807, 2.05) is 35.2 Å². The fraction of sp³-hybridized carbons (Fsp3) is 0.333. The van der Waals surface area contributed by atoms with E-state index in [9.17, 15) is 9.59 Å². The Morgan fingerprint density at radius 1 is 1.30 bits per heavy atom. The van der Waals surface area contributed by atoms with Crippen molar-refractivity contribution >= 4 is 22.7 Å². The first-order valence-corrected chi connectivity index (χ1v) is 7.90. The van der Waals surface area contributed by atoms with Crippen LogP contribution < -0.4 is 0 Å². The average Bonchev–Trinajstić information content (AvgIpc) is 2.98. The smallest absolute Gasteiger partial charge is 0.325 e. The van der Waals surface area contributed by atoms with E-state index in [1.54, 1.807) is 13.1 Å². The molecule has 0 fully saturated rings. The lowest BCUT2D eigenvalue weighted by atomic mass is 10.0. The number of para-hydroxylation sites is 1. The van der Waals surface area contributed by atoms with Crippen LogP contribution in [-0.2, 0) is 9.53 Å². The second kappa shape index (κ2) is 6.69. The number of aromatic amines is 1. The summed E-state index contributed by atoms with van der Waals surface area (Å²) in [6, 6.07) is 9.70. The molecule has 0 radical (unpaired) electrons. The molecule has 23 heavy (non-hydrogen) atoms. The monoisotopic (exact) mass is 312 g/mol. The van der Waals surface area contributed by atoms with E-state index >= 15 is 0 Å². The van der Waals surface area contributed by atoms with Crippen molar-refractivity contribution in [2.75, 3.05) is 19.7 Å². The molecule has 1 N–H and O–H groups in total. The normalized spacial score (nSPS) is 14.7. The lowest BCUT2D eigenvalue weighted by Crippen LogP contribution is -2.31. The number of ether oxygens (including phenoxy) is 1. The van der Waals surface area contributed by atoms with Crippen LogP contribution in [-0.4, -0.2) is 41.3 Å². The molecule has 0 saturated carbocycles. The van der Waals surface area contributed by atoms with Crippen LogP contribution in [0.5, 0.6) is 0 Å². The van der Waals surface area contributed by atoms with Crippen molar-refractivity contribution in [2.24, 2.45) is 0 Å². The number of nitrogens with zero attached hydrogens (tertiary/aromatic N) is 1. The molecule has 0 unspecified atom stereocenters. The maximum absolute atomic E-state index is 12.7. The van der Waals surface area contributed by atoms with Crippen LogP contribution in [0.25, 0.3) is 10.9 Å². The van der Waals surface area contributed by atoms with Crippen molar-refractivity contribution in [2.45, 2.75) is 19.8 Å². The minimum absolute atomic E-state index is 0.00485. The number of allylic oxidation sites excluding steroid dienone is 1. The Morgan fingerprint density at radius 2 is 2.13 bits per heavy atom. The molecule has 2 heterocycles. The van der Waals surface area contributed by atoms with Gasteiger partial charge in [0.25, 0.3) is 0 Å². The van der Waals surface area contributed by atoms with Gasteiger partial charge in [0, 0.05) is 29.2 Å². The quantitative estimate of drug-likeness (QED) is 0.681. The maximum Gasteiger partial charge on any atom is 0.325 e. The first-order chi connectivity index (χ1) is 11.2.